The van der Waals surface area contributed by atoms with E-state index in [2.05, 4.69) is 4.72 Å². The number of halogens is 1. The van der Waals surface area contributed by atoms with Crippen LogP contribution >= 0.6 is 11.6 Å². The zero-order valence-electron chi connectivity index (χ0n) is 15.1. The third-order valence-electron chi connectivity index (χ3n) is 3.50. The molecule has 6 nitrogen and oxygen atoms in total. The average Bonchev–Trinajstić information content (AvgIpc) is 2.59. The summed E-state index contributed by atoms with van der Waals surface area (Å²) in [5.74, 6) is 0.490. The van der Waals surface area contributed by atoms with E-state index in [1.54, 1.807) is 66.6 Å². The minimum absolute atomic E-state index is 0.164. The summed E-state index contributed by atoms with van der Waals surface area (Å²) in [6.07, 6.45) is 4.21. The smallest absolute Gasteiger partial charge is 0.246 e. The lowest BCUT2D eigenvalue weighted by atomic mass is 10.2. The van der Waals surface area contributed by atoms with Crippen molar-refractivity contribution in [1.29, 1.82) is 0 Å². The number of sulfonamides is 1. The highest BCUT2D eigenvalue weighted by Gasteiger charge is 2.05. The molecule has 0 bridgehead atoms. The lowest BCUT2D eigenvalue weighted by Crippen LogP contribution is -2.29. The highest BCUT2D eigenvalue weighted by molar-refractivity contribution is 7.92. The molecule has 1 amide bonds. The molecule has 0 atom stereocenters. The number of nitrogens with zero attached hydrogens (tertiary/aromatic N) is 1. The zero-order valence-corrected chi connectivity index (χ0v) is 16.6. The van der Waals surface area contributed by atoms with Crippen molar-refractivity contribution in [2.45, 2.75) is 0 Å². The van der Waals surface area contributed by atoms with Gasteiger partial charge in [-0.05, 0) is 42.0 Å². The number of benzene rings is 2. The molecule has 0 aromatic heterocycles. The summed E-state index contributed by atoms with van der Waals surface area (Å²) in [6.45, 7) is 0.773. The van der Waals surface area contributed by atoms with E-state index < -0.39 is 10.0 Å². The van der Waals surface area contributed by atoms with Gasteiger partial charge in [-0.3, -0.25) is 9.52 Å². The fraction of sp³-hybridized carbons (Fsp3) is 0.211. The van der Waals surface area contributed by atoms with Crippen LogP contribution in [-0.4, -0.2) is 45.7 Å². The van der Waals surface area contributed by atoms with Gasteiger partial charge in [0.1, 0.15) is 12.4 Å². The highest BCUT2D eigenvalue weighted by Crippen LogP contribution is 2.17. The quantitative estimate of drug-likeness (QED) is 0.680. The maximum Gasteiger partial charge on any atom is 0.246 e. The number of ether oxygens (including phenoxy) is 1. The van der Waals surface area contributed by atoms with Crippen molar-refractivity contribution in [1.82, 2.24) is 4.90 Å². The molecule has 2 aromatic rings. The van der Waals surface area contributed by atoms with Crippen LogP contribution in [0.15, 0.2) is 54.6 Å². The summed E-state index contributed by atoms with van der Waals surface area (Å²) in [6, 6.07) is 13.8. The number of anilines is 1. The highest BCUT2D eigenvalue weighted by atomic mass is 35.5. The first-order valence-electron chi connectivity index (χ1n) is 8.12. The Kier molecular flexibility index (Phi) is 7.27. The van der Waals surface area contributed by atoms with Gasteiger partial charge in [-0.15, -0.1) is 0 Å². The van der Waals surface area contributed by atoms with E-state index in [0.717, 1.165) is 11.8 Å². The van der Waals surface area contributed by atoms with Crippen LogP contribution in [-0.2, 0) is 14.8 Å². The number of carbonyl (C=O) groups is 1. The van der Waals surface area contributed by atoms with Crippen LogP contribution in [0.4, 0.5) is 5.69 Å². The van der Waals surface area contributed by atoms with E-state index in [0.29, 0.717) is 29.6 Å². The number of carbonyl (C=O) groups excluding carboxylic acids is 1. The molecule has 0 aliphatic heterocycles. The molecule has 0 saturated heterocycles. The second-order valence-electron chi connectivity index (χ2n) is 5.90. The minimum atomic E-state index is -3.31. The summed E-state index contributed by atoms with van der Waals surface area (Å²) in [4.78, 5) is 13.7. The van der Waals surface area contributed by atoms with Gasteiger partial charge in [0.05, 0.1) is 12.8 Å². The van der Waals surface area contributed by atoms with Crippen molar-refractivity contribution < 1.29 is 17.9 Å². The van der Waals surface area contributed by atoms with Crippen molar-refractivity contribution in [3.05, 3.63) is 65.2 Å². The average molecular weight is 409 g/mol. The Labute approximate surface area is 164 Å². The molecule has 0 spiro atoms. The number of rotatable bonds is 8. The molecule has 0 heterocycles. The Hall–Kier alpha value is -2.51. The number of hydrogen-bond acceptors (Lipinski definition) is 4. The summed E-state index contributed by atoms with van der Waals surface area (Å²) in [5.41, 5.74) is 1.25. The van der Waals surface area contributed by atoms with Crippen LogP contribution in [0.1, 0.15) is 5.56 Å². The Bertz CT molecular complexity index is 912. The van der Waals surface area contributed by atoms with Crippen LogP contribution < -0.4 is 9.46 Å². The largest absolute Gasteiger partial charge is 0.492 e. The molecule has 27 heavy (non-hydrogen) atoms. The van der Waals surface area contributed by atoms with Gasteiger partial charge in [0.15, 0.2) is 0 Å². The van der Waals surface area contributed by atoms with Crippen molar-refractivity contribution in [3.8, 4) is 5.75 Å². The van der Waals surface area contributed by atoms with Crippen LogP contribution in [0.25, 0.3) is 6.08 Å². The molecule has 0 aliphatic carbocycles. The second kappa shape index (κ2) is 9.43. The topological polar surface area (TPSA) is 75.7 Å². The van der Waals surface area contributed by atoms with E-state index in [9.17, 15) is 13.2 Å². The summed E-state index contributed by atoms with van der Waals surface area (Å²) in [7, 11) is -1.62. The third-order valence-corrected chi connectivity index (χ3v) is 4.34. The van der Waals surface area contributed by atoms with E-state index in [1.807, 2.05) is 0 Å². The van der Waals surface area contributed by atoms with Gasteiger partial charge in [0.25, 0.3) is 0 Å². The van der Waals surface area contributed by atoms with Crippen LogP contribution in [0.5, 0.6) is 5.75 Å². The first-order valence-corrected chi connectivity index (χ1v) is 10.4. The second-order valence-corrected chi connectivity index (χ2v) is 8.08. The molecule has 144 valence electrons. The Morgan fingerprint density at radius 2 is 1.93 bits per heavy atom. The number of likely N-dealkylation sites (N-methyl/N-ethyl adjacent to an activating group) is 1. The summed E-state index contributed by atoms with van der Waals surface area (Å²) in [5, 5.41) is 0.595. The van der Waals surface area contributed by atoms with Crippen LogP contribution in [0.2, 0.25) is 5.02 Å². The molecular weight excluding hydrogens is 388 g/mol. The predicted molar refractivity (Wildman–Crippen MR) is 109 cm³/mol. The van der Waals surface area contributed by atoms with Gasteiger partial charge in [-0.1, -0.05) is 29.8 Å². The van der Waals surface area contributed by atoms with Gasteiger partial charge in [0.2, 0.25) is 15.9 Å². The van der Waals surface area contributed by atoms with Gasteiger partial charge < -0.3 is 9.64 Å². The molecular formula is C19H21ClN2O4S. The number of nitrogens with one attached hydrogen (secondary N) is 1. The van der Waals surface area contributed by atoms with Crippen molar-refractivity contribution in [2.24, 2.45) is 0 Å². The molecule has 1 N–H and O–H groups in total. The van der Waals surface area contributed by atoms with Gasteiger partial charge in [0, 0.05) is 23.8 Å². The molecule has 8 heteroatoms. The molecule has 2 rings (SSSR count). The lowest BCUT2D eigenvalue weighted by Gasteiger charge is -2.15. The third kappa shape index (κ3) is 7.72. The standard InChI is InChI=1S/C19H21ClN2O4S/c1-22(12-13-26-18-5-3-4-16(20)14-18)19(23)11-8-15-6-9-17(10-7-15)21-27(2,24)25/h3-11,14,21H,12-13H2,1-2H3/b11-8+. The normalized spacial score (nSPS) is 11.4. The Morgan fingerprint density at radius 1 is 1.22 bits per heavy atom. The molecule has 0 unspecified atom stereocenters. The molecule has 2 aromatic carbocycles. The summed E-state index contributed by atoms with van der Waals surface area (Å²) >= 11 is 5.89. The van der Waals surface area contributed by atoms with Gasteiger partial charge in [-0.25, -0.2) is 8.42 Å². The Morgan fingerprint density at radius 3 is 2.56 bits per heavy atom. The lowest BCUT2D eigenvalue weighted by molar-refractivity contribution is -0.125. The fourth-order valence-electron chi connectivity index (χ4n) is 2.14. The fourth-order valence-corrected chi connectivity index (χ4v) is 2.88. The molecule has 0 fully saturated rings. The van der Waals surface area contributed by atoms with E-state index in [4.69, 9.17) is 16.3 Å². The Balaban J connectivity index is 1.82. The first kappa shape index (κ1) is 20.8. The van der Waals surface area contributed by atoms with Crippen molar-refractivity contribution >= 4 is 39.3 Å². The number of hydrogen-bond donors (Lipinski definition) is 1. The first-order chi connectivity index (χ1) is 12.7. The summed E-state index contributed by atoms with van der Waals surface area (Å²) < 4.78 is 30.3. The number of amides is 1. The zero-order chi connectivity index (χ0) is 19.9. The molecule has 0 saturated carbocycles. The van der Waals surface area contributed by atoms with Gasteiger partial charge in [-0.2, -0.15) is 0 Å². The predicted octanol–water partition coefficient (Wildman–Crippen LogP) is 3.26. The van der Waals surface area contributed by atoms with Crippen molar-refractivity contribution in [3.63, 3.8) is 0 Å². The van der Waals surface area contributed by atoms with Crippen LogP contribution in [0, 0.1) is 0 Å². The van der Waals surface area contributed by atoms with Crippen molar-refractivity contribution in [2.75, 3.05) is 31.2 Å². The monoisotopic (exact) mass is 408 g/mol. The molecule has 0 radical (unpaired) electrons. The maximum absolute atomic E-state index is 12.1. The maximum atomic E-state index is 12.1. The minimum Gasteiger partial charge on any atom is -0.492 e. The van der Waals surface area contributed by atoms with E-state index >= 15 is 0 Å². The molecule has 0 aliphatic rings. The van der Waals surface area contributed by atoms with Gasteiger partial charge >= 0.3 is 0 Å². The van der Waals surface area contributed by atoms with E-state index in [-0.39, 0.29) is 5.91 Å². The van der Waals surface area contributed by atoms with E-state index in [1.165, 1.54) is 6.08 Å². The van der Waals surface area contributed by atoms with Crippen LogP contribution in [0.3, 0.4) is 0 Å². The SMILES string of the molecule is CN(CCOc1cccc(Cl)c1)C(=O)/C=C/c1ccc(NS(C)(=O)=O)cc1.